The van der Waals surface area contributed by atoms with Gasteiger partial charge < -0.3 is 9.55 Å². The number of hydrogen-bond donors (Lipinski definition) is 1. The highest BCUT2D eigenvalue weighted by molar-refractivity contribution is 7.71. The lowest BCUT2D eigenvalue weighted by atomic mass is 9.87. The number of nitrogens with one attached hydrogen (secondary N) is 1. The number of hydrogen-bond acceptors (Lipinski definition) is 1. The van der Waals surface area contributed by atoms with Crippen molar-refractivity contribution in [2.24, 2.45) is 5.92 Å². The van der Waals surface area contributed by atoms with Crippen LogP contribution in [-0.4, -0.2) is 9.55 Å². The minimum Gasteiger partial charge on any atom is -0.337 e. The Morgan fingerprint density at radius 3 is 2.47 bits per heavy atom. The first-order chi connectivity index (χ1) is 9.25. The first kappa shape index (κ1) is 12.7. The van der Waals surface area contributed by atoms with Crippen LogP contribution in [0.2, 0.25) is 0 Å². The molecule has 1 heterocycles. The Morgan fingerprint density at radius 2 is 1.79 bits per heavy atom. The first-order valence-electron chi connectivity index (χ1n) is 7.11. The van der Waals surface area contributed by atoms with Gasteiger partial charge in [-0.15, -0.1) is 0 Å². The molecule has 0 atom stereocenters. The lowest BCUT2D eigenvalue weighted by Crippen LogP contribution is -2.17. The smallest absolute Gasteiger partial charge is 0.177 e. The van der Waals surface area contributed by atoms with Crippen molar-refractivity contribution in [2.75, 3.05) is 0 Å². The molecule has 0 saturated heterocycles. The van der Waals surface area contributed by atoms with E-state index in [1.165, 1.54) is 36.9 Å². The van der Waals surface area contributed by atoms with E-state index in [9.17, 15) is 0 Å². The number of aromatic nitrogens is 2. The monoisotopic (exact) mass is 272 g/mol. The third kappa shape index (κ3) is 2.52. The lowest BCUT2D eigenvalue weighted by Gasteiger charge is -2.28. The highest BCUT2D eigenvalue weighted by Crippen LogP contribution is 2.35. The molecule has 0 unspecified atom stereocenters. The normalized spacial score (nSPS) is 23.4. The summed E-state index contributed by atoms with van der Waals surface area (Å²) in [6.45, 7) is 2.35. The summed E-state index contributed by atoms with van der Waals surface area (Å²) >= 11 is 5.49. The summed E-state index contributed by atoms with van der Waals surface area (Å²) < 4.78 is 3.19. The van der Waals surface area contributed by atoms with Gasteiger partial charge in [0, 0.05) is 12.2 Å². The van der Waals surface area contributed by atoms with Gasteiger partial charge in [-0.3, -0.25) is 0 Å². The number of H-pyrrole nitrogens is 1. The second-order valence-corrected chi connectivity index (χ2v) is 6.02. The van der Waals surface area contributed by atoms with Crippen molar-refractivity contribution in [1.82, 2.24) is 9.55 Å². The van der Waals surface area contributed by atoms with Gasteiger partial charge in [0.05, 0.1) is 5.69 Å². The third-order valence-corrected chi connectivity index (χ3v) is 4.55. The Hall–Kier alpha value is -1.35. The summed E-state index contributed by atoms with van der Waals surface area (Å²) in [7, 11) is 0. The Labute approximate surface area is 119 Å². The van der Waals surface area contributed by atoms with Gasteiger partial charge >= 0.3 is 0 Å². The average molecular weight is 272 g/mol. The van der Waals surface area contributed by atoms with Crippen LogP contribution in [0, 0.1) is 10.7 Å². The summed E-state index contributed by atoms with van der Waals surface area (Å²) in [5.41, 5.74) is 2.47. The molecule has 0 amide bonds. The van der Waals surface area contributed by atoms with Crippen LogP contribution in [0.5, 0.6) is 0 Å². The standard InChI is InChI=1S/C16H20N2S/c1-12-7-9-14(10-8-12)18-15(11-17-16(18)19)13-5-3-2-4-6-13/h2-6,11-12,14H,7-10H2,1H3,(H,17,19). The molecule has 1 aromatic heterocycles. The zero-order chi connectivity index (χ0) is 13.2. The van der Waals surface area contributed by atoms with E-state index in [0.717, 1.165) is 10.7 Å². The van der Waals surface area contributed by atoms with Gasteiger partial charge in [0.1, 0.15) is 0 Å². The summed E-state index contributed by atoms with van der Waals surface area (Å²) in [5, 5.41) is 0. The van der Waals surface area contributed by atoms with Gasteiger partial charge in [0.2, 0.25) is 0 Å². The Morgan fingerprint density at radius 1 is 1.11 bits per heavy atom. The maximum atomic E-state index is 5.49. The molecule has 100 valence electrons. The summed E-state index contributed by atoms with van der Waals surface area (Å²) in [4.78, 5) is 3.22. The lowest BCUT2D eigenvalue weighted by molar-refractivity contribution is 0.289. The Bertz CT molecular complexity index is 589. The van der Waals surface area contributed by atoms with Gasteiger partial charge in [0.15, 0.2) is 4.77 Å². The van der Waals surface area contributed by atoms with E-state index in [1.807, 2.05) is 0 Å². The Kier molecular flexibility index (Phi) is 3.56. The zero-order valence-electron chi connectivity index (χ0n) is 11.3. The molecule has 3 rings (SSSR count). The van der Waals surface area contributed by atoms with E-state index in [0.29, 0.717) is 6.04 Å². The molecular formula is C16H20N2S. The average Bonchev–Trinajstić information content (AvgIpc) is 2.83. The fourth-order valence-electron chi connectivity index (χ4n) is 3.07. The van der Waals surface area contributed by atoms with Crippen LogP contribution in [0.25, 0.3) is 11.3 Å². The summed E-state index contributed by atoms with van der Waals surface area (Å²) in [6.07, 6.45) is 7.16. The third-order valence-electron chi connectivity index (χ3n) is 4.23. The van der Waals surface area contributed by atoms with Crippen LogP contribution in [0.15, 0.2) is 36.5 Å². The molecule has 0 spiro atoms. The second kappa shape index (κ2) is 5.33. The molecule has 3 heteroatoms. The number of imidazole rings is 1. The fraction of sp³-hybridized carbons (Fsp3) is 0.438. The molecule has 1 aromatic carbocycles. The maximum absolute atomic E-state index is 5.49. The molecule has 1 N–H and O–H groups in total. The molecule has 19 heavy (non-hydrogen) atoms. The van der Waals surface area contributed by atoms with Gasteiger partial charge in [-0.1, -0.05) is 37.3 Å². The highest BCUT2D eigenvalue weighted by atomic mass is 32.1. The summed E-state index contributed by atoms with van der Waals surface area (Å²) in [6, 6.07) is 11.1. The molecule has 2 nitrogen and oxygen atoms in total. The van der Waals surface area contributed by atoms with Gasteiger partial charge in [-0.2, -0.15) is 0 Å². The van der Waals surface area contributed by atoms with Crippen LogP contribution in [0.3, 0.4) is 0 Å². The van der Waals surface area contributed by atoms with E-state index in [2.05, 4.69) is 53.0 Å². The van der Waals surface area contributed by atoms with Crippen molar-refractivity contribution in [1.29, 1.82) is 0 Å². The quantitative estimate of drug-likeness (QED) is 0.766. The molecule has 1 aliphatic rings. The minimum absolute atomic E-state index is 0.560. The number of aromatic amines is 1. The van der Waals surface area contributed by atoms with E-state index in [-0.39, 0.29) is 0 Å². The largest absolute Gasteiger partial charge is 0.337 e. The van der Waals surface area contributed by atoms with Crippen molar-refractivity contribution in [2.45, 2.75) is 38.6 Å². The van der Waals surface area contributed by atoms with E-state index >= 15 is 0 Å². The molecular weight excluding hydrogens is 252 g/mol. The van der Waals surface area contributed by atoms with Crippen molar-refractivity contribution in [3.8, 4) is 11.3 Å². The second-order valence-electron chi connectivity index (χ2n) is 5.63. The Balaban J connectivity index is 1.98. The van der Waals surface area contributed by atoms with Gasteiger partial charge in [-0.05, 0) is 49.4 Å². The van der Waals surface area contributed by atoms with E-state index in [1.54, 1.807) is 0 Å². The van der Waals surface area contributed by atoms with Crippen LogP contribution in [0.4, 0.5) is 0 Å². The number of benzene rings is 1. The molecule has 0 radical (unpaired) electrons. The van der Waals surface area contributed by atoms with Crippen LogP contribution in [0.1, 0.15) is 38.6 Å². The highest BCUT2D eigenvalue weighted by Gasteiger charge is 2.22. The first-order valence-corrected chi connectivity index (χ1v) is 7.52. The van der Waals surface area contributed by atoms with Crippen molar-refractivity contribution in [3.63, 3.8) is 0 Å². The summed E-state index contributed by atoms with van der Waals surface area (Å²) in [5.74, 6) is 0.865. The molecule has 1 fully saturated rings. The molecule has 0 bridgehead atoms. The molecule has 0 aliphatic heterocycles. The van der Waals surface area contributed by atoms with Crippen LogP contribution in [-0.2, 0) is 0 Å². The fourth-order valence-corrected chi connectivity index (χ4v) is 3.38. The van der Waals surface area contributed by atoms with E-state index < -0.39 is 0 Å². The number of rotatable bonds is 2. The molecule has 1 aliphatic carbocycles. The van der Waals surface area contributed by atoms with Gasteiger partial charge in [0.25, 0.3) is 0 Å². The predicted octanol–water partition coefficient (Wildman–Crippen LogP) is 4.96. The minimum atomic E-state index is 0.560. The molecule has 2 aromatic rings. The van der Waals surface area contributed by atoms with Crippen molar-refractivity contribution in [3.05, 3.63) is 41.3 Å². The zero-order valence-corrected chi connectivity index (χ0v) is 12.1. The van der Waals surface area contributed by atoms with E-state index in [4.69, 9.17) is 12.2 Å². The molecule has 1 saturated carbocycles. The maximum Gasteiger partial charge on any atom is 0.177 e. The topological polar surface area (TPSA) is 20.7 Å². The van der Waals surface area contributed by atoms with Gasteiger partial charge in [-0.25, -0.2) is 0 Å². The predicted molar refractivity (Wildman–Crippen MR) is 81.7 cm³/mol. The van der Waals surface area contributed by atoms with Crippen molar-refractivity contribution < 1.29 is 0 Å². The SMILES string of the molecule is CC1CCC(n2c(-c3ccccc3)c[nH]c2=S)CC1. The van der Waals surface area contributed by atoms with Crippen molar-refractivity contribution >= 4 is 12.2 Å². The number of nitrogens with zero attached hydrogens (tertiary/aromatic N) is 1. The van der Waals surface area contributed by atoms with Crippen LogP contribution >= 0.6 is 12.2 Å². The van der Waals surface area contributed by atoms with Crippen LogP contribution < -0.4 is 0 Å².